The number of nitriles is 1. The van der Waals surface area contributed by atoms with Crippen LogP contribution in [0.25, 0.3) is 0 Å². The normalized spacial score (nSPS) is 19.6. The molecule has 6 nitrogen and oxygen atoms in total. The molecular formula is C18H19N4O2+. The molecule has 1 saturated heterocycles. The summed E-state index contributed by atoms with van der Waals surface area (Å²) in [6, 6.07) is 17.1. The third-order valence-electron chi connectivity index (χ3n) is 4.37. The van der Waals surface area contributed by atoms with E-state index in [0.717, 1.165) is 26.1 Å². The number of non-ortho nitro benzene ring substituents is 1. The average Bonchev–Trinajstić information content (AvgIpc) is 3.03. The van der Waals surface area contributed by atoms with Crippen molar-refractivity contribution in [3.05, 3.63) is 69.8 Å². The summed E-state index contributed by atoms with van der Waals surface area (Å²) < 4.78 is 0. The van der Waals surface area contributed by atoms with Gasteiger partial charge in [-0.2, -0.15) is 5.26 Å². The van der Waals surface area contributed by atoms with Crippen LogP contribution in [0.15, 0.2) is 48.5 Å². The summed E-state index contributed by atoms with van der Waals surface area (Å²) in [6.45, 7) is 3.03. The Kier molecular flexibility index (Phi) is 4.73. The molecule has 2 atom stereocenters. The van der Waals surface area contributed by atoms with Gasteiger partial charge in [0.25, 0.3) is 5.69 Å². The second-order valence-electron chi connectivity index (χ2n) is 6.10. The Balaban J connectivity index is 1.63. The van der Waals surface area contributed by atoms with Gasteiger partial charge in [0.05, 0.1) is 35.3 Å². The summed E-state index contributed by atoms with van der Waals surface area (Å²) >= 11 is 0. The fraction of sp³-hybridized carbons (Fsp3) is 0.278. The van der Waals surface area contributed by atoms with E-state index in [9.17, 15) is 15.4 Å². The second-order valence-corrected chi connectivity index (χ2v) is 6.10. The molecule has 1 unspecified atom stereocenters. The number of quaternary nitrogens is 1. The first-order chi connectivity index (χ1) is 11.7. The van der Waals surface area contributed by atoms with Gasteiger partial charge in [-0.3, -0.25) is 10.1 Å². The van der Waals surface area contributed by atoms with Crippen molar-refractivity contribution in [2.24, 2.45) is 0 Å². The van der Waals surface area contributed by atoms with Crippen molar-refractivity contribution in [2.45, 2.75) is 19.0 Å². The summed E-state index contributed by atoms with van der Waals surface area (Å²) in [7, 11) is 0. The summed E-state index contributed by atoms with van der Waals surface area (Å²) in [6.07, 6.45) is 1.02. The number of nitrogens with one attached hydrogen (secondary N) is 2. The molecule has 0 bridgehead atoms. The molecular weight excluding hydrogens is 304 g/mol. The SMILES string of the molecule is N#Cc1cc([N+](=O)[O-])ccc1N[C@H]1CC[NH+](Cc2ccccc2)C1. The van der Waals surface area contributed by atoms with Gasteiger partial charge in [0.1, 0.15) is 12.6 Å². The van der Waals surface area contributed by atoms with Crippen molar-refractivity contribution in [2.75, 3.05) is 18.4 Å². The predicted molar refractivity (Wildman–Crippen MR) is 90.7 cm³/mol. The molecule has 2 N–H and O–H groups in total. The molecule has 1 heterocycles. The van der Waals surface area contributed by atoms with E-state index in [1.165, 1.54) is 22.6 Å². The lowest BCUT2D eigenvalue weighted by Gasteiger charge is -2.15. The van der Waals surface area contributed by atoms with Crippen LogP contribution in [-0.4, -0.2) is 24.1 Å². The largest absolute Gasteiger partial charge is 0.375 e. The van der Waals surface area contributed by atoms with Crippen LogP contribution in [-0.2, 0) is 6.54 Å². The zero-order valence-corrected chi connectivity index (χ0v) is 13.2. The minimum absolute atomic E-state index is 0.0557. The molecule has 1 aliphatic rings. The van der Waals surface area contributed by atoms with Crippen LogP contribution < -0.4 is 10.2 Å². The van der Waals surface area contributed by atoms with E-state index < -0.39 is 4.92 Å². The monoisotopic (exact) mass is 323 g/mol. The van der Waals surface area contributed by atoms with Crippen LogP contribution in [0.2, 0.25) is 0 Å². The van der Waals surface area contributed by atoms with E-state index in [1.54, 1.807) is 6.07 Å². The Morgan fingerprint density at radius 3 is 2.79 bits per heavy atom. The first kappa shape index (κ1) is 16.0. The number of anilines is 1. The summed E-state index contributed by atoms with van der Waals surface area (Å²) in [5.41, 5.74) is 2.26. The summed E-state index contributed by atoms with van der Waals surface area (Å²) in [4.78, 5) is 11.8. The minimum atomic E-state index is -0.480. The Bertz CT molecular complexity index is 770. The highest BCUT2D eigenvalue weighted by Gasteiger charge is 2.26. The lowest BCUT2D eigenvalue weighted by Crippen LogP contribution is -3.09. The Hall–Kier alpha value is -2.91. The highest BCUT2D eigenvalue weighted by atomic mass is 16.6. The number of benzene rings is 2. The van der Waals surface area contributed by atoms with E-state index in [0.29, 0.717) is 11.3 Å². The van der Waals surface area contributed by atoms with Gasteiger partial charge in [0.2, 0.25) is 0 Å². The average molecular weight is 323 g/mol. The number of rotatable bonds is 5. The van der Waals surface area contributed by atoms with Gasteiger partial charge in [0.15, 0.2) is 0 Å². The molecule has 0 aromatic heterocycles. The molecule has 2 aromatic carbocycles. The molecule has 0 saturated carbocycles. The van der Waals surface area contributed by atoms with E-state index in [1.807, 2.05) is 12.1 Å². The molecule has 0 aliphatic carbocycles. The zero-order chi connectivity index (χ0) is 16.9. The second kappa shape index (κ2) is 7.11. The van der Waals surface area contributed by atoms with E-state index in [-0.39, 0.29) is 11.7 Å². The van der Waals surface area contributed by atoms with Crippen molar-refractivity contribution >= 4 is 11.4 Å². The topological polar surface area (TPSA) is 83.4 Å². The number of hydrogen-bond acceptors (Lipinski definition) is 4. The summed E-state index contributed by atoms with van der Waals surface area (Å²) in [5.74, 6) is 0. The number of nitro benzene ring substituents is 1. The molecule has 0 radical (unpaired) electrons. The fourth-order valence-corrected chi connectivity index (χ4v) is 3.18. The van der Waals surface area contributed by atoms with Crippen molar-refractivity contribution in [3.63, 3.8) is 0 Å². The third kappa shape index (κ3) is 3.70. The number of hydrogen-bond donors (Lipinski definition) is 2. The minimum Gasteiger partial charge on any atom is -0.375 e. The highest BCUT2D eigenvalue weighted by molar-refractivity contribution is 5.61. The van der Waals surface area contributed by atoms with Crippen molar-refractivity contribution < 1.29 is 9.82 Å². The van der Waals surface area contributed by atoms with Gasteiger partial charge in [-0.15, -0.1) is 0 Å². The van der Waals surface area contributed by atoms with Gasteiger partial charge in [-0.25, -0.2) is 0 Å². The molecule has 0 amide bonds. The molecule has 6 heteroatoms. The zero-order valence-electron chi connectivity index (χ0n) is 13.2. The van der Waals surface area contributed by atoms with Gasteiger partial charge < -0.3 is 10.2 Å². The van der Waals surface area contributed by atoms with Crippen molar-refractivity contribution in [1.82, 2.24) is 0 Å². The van der Waals surface area contributed by atoms with Crippen LogP contribution in [0.1, 0.15) is 17.5 Å². The number of likely N-dealkylation sites (tertiary alicyclic amines) is 1. The van der Waals surface area contributed by atoms with Crippen LogP contribution in [0, 0.1) is 21.4 Å². The maximum Gasteiger partial charge on any atom is 0.270 e. The lowest BCUT2D eigenvalue weighted by atomic mass is 10.1. The molecule has 0 spiro atoms. The van der Waals surface area contributed by atoms with Crippen LogP contribution in [0.5, 0.6) is 0 Å². The van der Waals surface area contributed by atoms with Gasteiger partial charge in [0, 0.05) is 24.1 Å². The maximum absolute atomic E-state index is 10.8. The molecule has 122 valence electrons. The van der Waals surface area contributed by atoms with Crippen LogP contribution >= 0.6 is 0 Å². The van der Waals surface area contributed by atoms with Crippen molar-refractivity contribution in [1.29, 1.82) is 5.26 Å². The number of nitro groups is 1. The maximum atomic E-state index is 10.8. The molecule has 2 aromatic rings. The fourth-order valence-electron chi connectivity index (χ4n) is 3.18. The smallest absolute Gasteiger partial charge is 0.270 e. The predicted octanol–water partition coefficient (Wildman–Crippen LogP) is 1.74. The highest BCUT2D eigenvalue weighted by Crippen LogP contribution is 2.22. The number of nitrogens with zero attached hydrogens (tertiary/aromatic N) is 2. The lowest BCUT2D eigenvalue weighted by molar-refractivity contribution is -0.901. The van der Waals surface area contributed by atoms with E-state index in [2.05, 4.69) is 29.6 Å². The quantitative estimate of drug-likeness (QED) is 0.648. The molecule has 3 rings (SSSR count). The molecule has 1 fully saturated rings. The standard InChI is InChI=1S/C18H18N4O2/c19-11-15-10-17(22(23)24)6-7-18(15)20-16-8-9-21(13-16)12-14-4-2-1-3-5-14/h1-7,10,16,20H,8-9,12-13H2/p+1/t16-/m0/s1. The Morgan fingerprint density at radius 2 is 2.08 bits per heavy atom. The molecule has 24 heavy (non-hydrogen) atoms. The van der Waals surface area contributed by atoms with Crippen LogP contribution in [0.3, 0.4) is 0 Å². The first-order valence-electron chi connectivity index (χ1n) is 7.98. The third-order valence-corrected chi connectivity index (χ3v) is 4.37. The summed E-state index contributed by atoms with van der Waals surface area (Å²) in [5, 5.41) is 23.4. The van der Waals surface area contributed by atoms with E-state index in [4.69, 9.17) is 0 Å². The van der Waals surface area contributed by atoms with Gasteiger partial charge >= 0.3 is 0 Å². The molecule has 1 aliphatic heterocycles. The first-order valence-corrected chi connectivity index (χ1v) is 7.98. The van der Waals surface area contributed by atoms with E-state index >= 15 is 0 Å². The Morgan fingerprint density at radius 1 is 1.29 bits per heavy atom. The Labute approximate surface area is 140 Å². The van der Waals surface area contributed by atoms with Crippen molar-refractivity contribution in [3.8, 4) is 6.07 Å². The van der Waals surface area contributed by atoms with Gasteiger partial charge in [-0.05, 0) is 6.07 Å². The van der Waals surface area contributed by atoms with Gasteiger partial charge in [-0.1, -0.05) is 30.3 Å². The van der Waals surface area contributed by atoms with Crippen LogP contribution in [0.4, 0.5) is 11.4 Å².